The summed E-state index contributed by atoms with van der Waals surface area (Å²) < 4.78 is 5.54. The number of anilines is 2. The molecule has 0 atom stereocenters. The first kappa shape index (κ1) is 15.4. The Hall–Kier alpha value is -1.01. The molecule has 0 aliphatic carbocycles. The Morgan fingerprint density at radius 1 is 1.35 bits per heavy atom. The lowest BCUT2D eigenvalue weighted by Crippen LogP contribution is -2.33. The lowest BCUT2D eigenvalue weighted by Gasteiger charge is -2.27. The van der Waals surface area contributed by atoms with Crippen molar-refractivity contribution in [3.63, 3.8) is 0 Å². The second kappa shape index (κ2) is 8.32. The van der Waals surface area contributed by atoms with Crippen LogP contribution in [0.1, 0.15) is 13.8 Å². The Labute approximate surface area is 125 Å². The number of rotatable bonds is 7. The summed E-state index contributed by atoms with van der Waals surface area (Å²) in [6.07, 6.45) is 1.63. The lowest BCUT2D eigenvalue weighted by molar-refractivity contribution is 0.118. The van der Waals surface area contributed by atoms with E-state index in [-0.39, 0.29) is 0 Å². The number of ether oxygens (including phenoxy) is 1. The van der Waals surface area contributed by atoms with E-state index in [1.165, 1.54) is 11.5 Å². The number of hydrogen-bond donors (Lipinski definition) is 1. The van der Waals surface area contributed by atoms with Crippen LogP contribution in [0.3, 0.4) is 0 Å². The maximum Gasteiger partial charge on any atom is 0.134 e. The van der Waals surface area contributed by atoms with Gasteiger partial charge in [-0.1, -0.05) is 13.8 Å². The van der Waals surface area contributed by atoms with E-state index in [4.69, 9.17) is 4.74 Å². The molecule has 0 saturated carbocycles. The van der Waals surface area contributed by atoms with Gasteiger partial charge in [0.25, 0.3) is 0 Å². The number of thioether (sulfide) groups is 1. The van der Waals surface area contributed by atoms with Crippen molar-refractivity contribution in [1.82, 2.24) is 9.97 Å². The van der Waals surface area contributed by atoms with E-state index in [0.717, 1.165) is 37.9 Å². The van der Waals surface area contributed by atoms with E-state index in [0.29, 0.717) is 12.5 Å². The van der Waals surface area contributed by atoms with Crippen LogP contribution in [0.15, 0.2) is 12.4 Å². The van der Waals surface area contributed by atoms with Crippen molar-refractivity contribution in [3.05, 3.63) is 12.4 Å². The summed E-state index contributed by atoms with van der Waals surface area (Å²) in [5.74, 6) is 4.83. The molecule has 0 spiro atoms. The molecule has 1 N–H and O–H groups in total. The highest BCUT2D eigenvalue weighted by atomic mass is 32.2. The average molecular weight is 296 g/mol. The van der Waals surface area contributed by atoms with Gasteiger partial charge < -0.3 is 15.0 Å². The maximum atomic E-state index is 5.54. The summed E-state index contributed by atoms with van der Waals surface area (Å²) in [7, 11) is 0. The third-order valence-corrected chi connectivity index (χ3v) is 3.93. The van der Waals surface area contributed by atoms with Crippen LogP contribution in [0.25, 0.3) is 0 Å². The fourth-order valence-electron chi connectivity index (χ4n) is 1.98. The quantitative estimate of drug-likeness (QED) is 0.778. The molecule has 0 unspecified atom stereocenters. The number of hydrogen-bond acceptors (Lipinski definition) is 6. The van der Waals surface area contributed by atoms with E-state index in [2.05, 4.69) is 34.0 Å². The first-order chi connectivity index (χ1) is 9.75. The average Bonchev–Trinajstić information content (AvgIpc) is 2.48. The predicted molar refractivity (Wildman–Crippen MR) is 85.7 cm³/mol. The van der Waals surface area contributed by atoms with Crippen LogP contribution in [-0.2, 0) is 4.74 Å². The van der Waals surface area contributed by atoms with Gasteiger partial charge in [0.1, 0.15) is 18.0 Å². The summed E-state index contributed by atoms with van der Waals surface area (Å²) in [4.78, 5) is 10.9. The lowest BCUT2D eigenvalue weighted by atomic mass is 10.2. The SMILES string of the molecule is CC(C)COCCNc1cc(N2CCSCC2)ncn1. The van der Waals surface area contributed by atoms with Gasteiger partial charge in [-0.25, -0.2) is 9.97 Å². The summed E-state index contributed by atoms with van der Waals surface area (Å²) in [6, 6.07) is 2.03. The van der Waals surface area contributed by atoms with E-state index < -0.39 is 0 Å². The molecule has 5 nitrogen and oxygen atoms in total. The molecule has 1 aromatic rings. The zero-order chi connectivity index (χ0) is 14.2. The van der Waals surface area contributed by atoms with Crippen LogP contribution in [0.2, 0.25) is 0 Å². The Bertz CT molecular complexity index is 397. The van der Waals surface area contributed by atoms with Crippen molar-refractivity contribution >= 4 is 23.4 Å². The van der Waals surface area contributed by atoms with Crippen molar-refractivity contribution < 1.29 is 4.74 Å². The minimum absolute atomic E-state index is 0.581. The van der Waals surface area contributed by atoms with Crippen molar-refractivity contribution in [2.24, 2.45) is 5.92 Å². The smallest absolute Gasteiger partial charge is 0.134 e. The highest BCUT2D eigenvalue weighted by Gasteiger charge is 2.12. The standard InChI is InChI=1S/C14H24N4OS/c1-12(2)10-19-6-3-15-13-9-14(17-11-16-13)18-4-7-20-8-5-18/h9,11-12H,3-8,10H2,1-2H3,(H,15,16,17). The van der Waals surface area contributed by atoms with Gasteiger partial charge in [0.05, 0.1) is 6.61 Å². The van der Waals surface area contributed by atoms with Crippen molar-refractivity contribution in [2.45, 2.75) is 13.8 Å². The summed E-state index contributed by atoms with van der Waals surface area (Å²) in [5, 5.41) is 3.29. The first-order valence-corrected chi connectivity index (χ1v) is 8.37. The predicted octanol–water partition coefficient (Wildman–Crippen LogP) is 2.11. The monoisotopic (exact) mass is 296 g/mol. The molecule has 2 heterocycles. The van der Waals surface area contributed by atoms with Gasteiger partial charge >= 0.3 is 0 Å². The molecule has 20 heavy (non-hydrogen) atoms. The normalized spacial score (nSPS) is 15.7. The topological polar surface area (TPSA) is 50.3 Å². The molecule has 1 aliphatic rings. The van der Waals surface area contributed by atoms with Gasteiger partial charge in [-0.15, -0.1) is 0 Å². The second-order valence-electron chi connectivity index (χ2n) is 5.26. The summed E-state index contributed by atoms with van der Waals surface area (Å²) in [6.45, 7) is 8.73. The highest BCUT2D eigenvalue weighted by Crippen LogP contribution is 2.18. The number of aromatic nitrogens is 2. The molecule has 1 saturated heterocycles. The van der Waals surface area contributed by atoms with Gasteiger partial charge in [0.2, 0.25) is 0 Å². The molecule has 0 amide bonds. The first-order valence-electron chi connectivity index (χ1n) is 7.22. The molecular formula is C14H24N4OS. The fraction of sp³-hybridized carbons (Fsp3) is 0.714. The third kappa shape index (κ3) is 5.17. The molecule has 1 fully saturated rings. The van der Waals surface area contributed by atoms with Crippen LogP contribution in [0.4, 0.5) is 11.6 Å². The summed E-state index contributed by atoms with van der Waals surface area (Å²) in [5.41, 5.74) is 0. The van der Waals surface area contributed by atoms with Crippen molar-refractivity contribution in [1.29, 1.82) is 0 Å². The van der Waals surface area contributed by atoms with E-state index >= 15 is 0 Å². The van der Waals surface area contributed by atoms with E-state index in [9.17, 15) is 0 Å². The van der Waals surface area contributed by atoms with Gasteiger partial charge in [0, 0.05) is 43.8 Å². The van der Waals surface area contributed by atoms with Crippen LogP contribution in [0, 0.1) is 5.92 Å². The molecule has 6 heteroatoms. The van der Waals surface area contributed by atoms with Gasteiger partial charge in [-0.2, -0.15) is 11.8 Å². The molecular weight excluding hydrogens is 272 g/mol. The largest absolute Gasteiger partial charge is 0.379 e. The van der Waals surface area contributed by atoms with Crippen LogP contribution < -0.4 is 10.2 Å². The Morgan fingerprint density at radius 2 is 2.15 bits per heavy atom. The molecule has 2 rings (SSSR count). The zero-order valence-corrected chi connectivity index (χ0v) is 13.2. The van der Waals surface area contributed by atoms with E-state index in [1.807, 2.05) is 17.8 Å². The number of nitrogens with one attached hydrogen (secondary N) is 1. The fourth-order valence-corrected chi connectivity index (χ4v) is 2.88. The summed E-state index contributed by atoms with van der Waals surface area (Å²) >= 11 is 2.00. The molecule has 0 aromatic carbocycles. The minimum atomic E-state index is 0.581. The van der Waals surface area contributed by atoms with Crippen LogP contribution in [-0.4, -0.2) is 54.3 Å². The molecule has 0 radical (unpaired) electrons. The highest BCUT2D eigenvalue weighted by molar-refractivity contribution is 7.99. The minimum Gasteiger partial charge on any atom is -0.379 e. The third-order valence-electron chi connectivity index (χ3n) is 2.99. The Morgan fingerprint density at radius 3 is 2.90 bits per heavy atom. The van der Waals surface area contributed by atoms with E-state index in [1.54, 1.807) is 6.33 Å². The van der Waals surface area contributed by atoms with Crippen LogP contribution in [0.5, 0.6) is 0 Å². The maximum absolute atomic E-state index is 5.54. The molecule has 112 valence electrons. The second-order valence-corrected chi connectivity index (χ2v) is 6.48. The van der Waals surface area contributed by atoms with Gasteiger partial charge in [0.15, 0.2) is 0 Å². The number of nitrogens with zero attached hydrogens (tertiary/aromatic N) is 3. The Balaban J connectivity index is 1.77. The zero-order valence-electron chi connectivity index (χ0n) is 12.3. The van der Waals surface area contributed by atoms with Crippen molar-refractivity contribution in [3.8, 4) is 0 Å². The molecule has 0 bridgehead atoms. The molecule has 1 aliphatic heterocycles. The van der Waals surface area contributed by atoms with Gasteiger partial charge in [-0.05, 0) is 5.92 Å². The van der Waals surface area contributed by atoms with Crippen LogP contribution >= 0.6 is 11.8 Å². The molecule has 1 aromatic heterocycles. The Kier molecular flexibility index (Phi) is 6.39. The van der Waals surface area contributed by atoms with Crippen molar-refractivity contribution in [2.75, 3.05) is 54.6 Å². The van der Waals surface area contributed by atoms with Gasteiger partial charge in [-0.3, -0.25) is 0 Å².